The number of hydrogen-bond donors (Lipinski definition) is 2. The first-order chi connectivity index (χ1) is 17.3. The lowest BCUT2D eigenvalue weighted by Gasteiger charge is -2.57. The molecule has 6 heteroatoms. The molecule has 36 heavy (non-hydrogen) atoms. The van der Waals surface area contributed by atoms with Gasteiger partial charge in [-0.1, -0.05) is 13.0 Å². The number of Topliss-reactive ketones (excluding diaryl/α,β-unsaturated/α-hetero) is 1. The Hall–Kier alpha value is -2.08. The number of carbonyl (C=O) groups excluding carboxylic acids is 1. The molecule has 0 bridgehead atoms. The predicted octanol–water partition coefficient (Wildman–Crippen LogP) is 6.48. The van der Waals surface area contributed by atoms with E-state index in [2.05, 4.69) is 23.3 Å². The van der Waals surface area contributed by atoms with Crippen LogP contribution in [0.15, 0.2) is 36.5 Å². The van der Waals surface area contributed by atoms with E-state index in [0.29, 0.717) is 36.0 Å². The van der Waals surface area contributed by atoms with E-state index in [4.69, 9.17) is 0 Å². The summed E-state index contributed by atoms with van der Waals surface area (Å²) in [6.45, 7) is 2.71. The topological polar surface area (TPSA) is 62.2 Å². The van der Waals surface area contributed by atoms with Gasteiger partial charge in [0.25, 0.3) is 6.43 Å². The molecule has 2 N–H and O–H groups in total. The highest BCUT2D eigenvalue weighted by atomic mass is 19.3. The second-order valence-corrected chi connectivity index (χ2v) is 12.5. The van der Waals surface area contributed by atoms with Gasteiger partial charge in [0, 0.05) is 23.2 Å². The summed E-state index contributed by atoms with van der Waals surface area (Å²) in [5, 5.41) is 14.9. The quantitative estimate of drug-likeness (QED) is 0.497. The van der Waals surface area contributed by atoms with Crippen LogP contribution in [-0.2, 0) is 4.79 Å². The molecule has 8 atom stereocenters. The molecule has 1 aromatic heterocycles. The standard InChI is InChI=1S/C30H38F2N2O2/c1-29-12-10-22-21-11-13-30(36,28(31)32)16-19(21)4-6-23(22)24(29)7-8-25(29)27(35)17-34-20-5-9-26-18(15-20)3-2-14-33-26/h2-3,5,9,14-15,19,21-25,28,34,36H,4,6-8,10-13,16-17H2,1H3/t19-,21+,22?,23?,24?,25-,29+,30-/m1/s1. The van der Waals surface area contributed by atoms with Gasteiger partial charge in [0.2, 0.25) is 0 Å². The first kappa shape index (κ1) is 24.3. The van der Waals surface area contributed by atoms with Crippen LogP contribution < -0.4 is 5.32 Å². The molecule has 4 saturated carbocycles. The maximum Gasteiger partial charge on any atom is 0.266 e. The van der Waals surface area contributed by atoms with E-state index < -0.39 is 12.0 Å². The molecule has 1 aromatic carbocycles. The number of aliphatic hydroxyl groups is 1. The third-order valence-corrected chi connectivity index (χ3v) is 10.9. The van der Waals surface area contributed by atoms with Crippen molar-refractivity contribution in [2.24, 2.45) is 40.9 Å². The van der Waals surface area contributed by atoms with Crippen molar-refractivity contribution in [3.8, 4) is 0 Å². The van der Waals surface area contributed by atoms with Crippen molar-refractivity contribution in [3.05, 3.63) is 36.5 Å². The lowest BCUT2D eigenvalue weighted by Crippen LogP contribution is -2.53. The Balaban J connectivity index is 1.12. The third-order valence-electron chi connectivity index (χ3n) is 10.9. The lowest BCUT2D eigenvalue weighted by atomic mass is 9.49. The maximum atomic E-state index is 13.5. The number of pyridine rings is 1. The summed E-state index contributed by atoms with van der Waals surface area (Å²) in [6, 6.07) is 9.99. The Kier molecular flexibility index (Phi) is 6.09. The Morgan fingerprint density at radius 3 is 2.75 bits per heavy atom. The molecule has 194 valence electrons. The average molecular weight is 497 g/mol. The third kappa shape index (κ3) is 3.95. The fourth-order valence-corrected chi connectivity index (χ4v) is 9.13. The number of halogens is 2. The van der Waals surface area contributed by atoms with Gasteiger partial charge in [0.05, 0.1) is 12.1 Å². The minimum Gasteiger partial charge on any atom is -0.384 e. The van der Waals surface area contributed by atoms with Gasteiger partial charge in [0.1, 0.15) is 5.60 Å². The molecule has 0 amide bonds. The first-order valence-corrected chi connectivity index (χ1v) is 13.9. The number of fused-ring (bicyclic) bond motifs is 6. The minimum absolute atomic E-state index is 0.0401. The Labute approximate surface area is 212 Å². The smallest absolute Gasteiger partial charge is 0.266 e. The second-order valence-electron chi connectivity index (χ2n) is 12.5. The average Bonchev–Trinajstić information content (AvgIpc) is 3.24. The van der Waals surface area contributed by atoms with Crippen LogP contribution in [-0.4, -0.2) is 34.4 Å². The number of alkyl halides is 2. The Bertz CT molecular complexity index is 1140. The van der Waals surface area contributed by atoms with Crippen molar-refractivity contribution in [1.82, 2.24) is 4.98 Å². The van der Waals surface area contributed by atoms with Crippen LogP contribution in [0.4, 0.5) is 14.5 Å². The van der Waals surface area contributed by atoms with Crippen LogP contribution >= 0.6 is 0 Å². The summed E-state index contributed by atoms with van der Waals surface area (Å²) in [4.78, 5) is 17.9. The van der Waals surface area contributed by atoms with Crippen molar-refractivity contribution in [3.63, 3.8) is 0 Å². The van der Waals surface area contributed by atoms with E-state index in [0.717, 1.165) is 61.5 Å². The normalized spacial score (nSPS) is 39.9. The maximum absolute atomic E-state index is 13.5. The van der Waals surface area contributed by atoms with Gasteiger partial charge in [-0.15, -0.1) is 0 Å². The predicted molar refractivity (Wildman–Crippen MR) is 137 cm³/mol. The molecule has 0 spiro atoms. The summed E-state index contributed by atoms with van der Waals surface area (Å²) in [7, 11) is 0. The molecule has 4 fully saturated rings. The van der Waals surface area contributed by atoms with Crippen LogP contribution in [0.1, 0.15) is 64.7 Å². The highest BCUT2D eigenvalue weighted by molar-refractivity contribution is 5.87. The van der Waals surface area contributed by atoms with E-state index >= 15 is 0 Å². The van der Waals surface area contributed by atoms with E-state index in [1.807, 2.05) is 24.3 Å². The van der Waals surface area contributed by atoms with Gasteiger partial charge in [0.15, 0.2) is 5.78 Å². The van der Waals surface area contributed by atoms with Gasteiger partial charge >= 0.3 is 0 Å². The minimum atomic E-state index is -2.65. The van der Waals surface area contributed by atoms with Crippen LogP contribution in [0.2, 0.25) is 0 Å². The number of nitrogens with zero attached hydrogens (tertiary/aromatic N) is 1. The number of benzene rings is 1. The highest BCUT2D eigenvalue weighted by Crippen LogP contribution is 2.64. The first-order valence-electron chi connectivity index (χ1n) is 13.9. The molecule has 0 radical (unpaired) electrons. The van der Waals surface area contributed by atoms with E-state index in [1.165, 1.54) is 0 Å². The number of hydrogen-bond acceptors (Lipinski definition) is 4. The van der Waals surface area contributed by atoms with Crippen molar-refractivity contribution in [1.29, 1.82) is 0 Å². The molecular formula is C30H38F2N2O2. The van der Waals surface area contributed by atoms with Gasteiger partial charge < -0.3 is 10.4 Å². The molecule has 2 aromatic rings. The second kappa shape index (κ2) is 9.04. The molecule has 4 aliphatic rings. The number of nitrogens with one attached hydrogen (secondary N) is 1. The molecule has 4 aliphatic carbocycles. The lowest BCUT2D eigenvalue weighted by molar-refractivity contribution is -0.160. The number of rotatable bonds is 5. The van der Waals surface area contributed by atoms with Crippen LogP contribution in [0.3, 0.4) is 0 Å². The van der Waals surface area contributed by atoms with Gasteiger partial charge in [-0.2, -0.15) is 0 Å². The van der Waals surface area contributed by atoms with Crippen molar-refractivity contribution in [2.75, 3.05) is 11.9 Å². The van der Waals surface area contributed by atoms with Gasteiger partial charge in [-0.3, -0.25) is 9.78 Å². The number of aromatic nitrogens is 1. The van der Waals surface area contributed by atoms with E-state index in [1.54, 1.807) is 6.20 Å². The Morgan fingerprint density at radius 1 is 1.08 bits per heavy atom. The molecule has 6 rings (SSSR count). The van der Waals surface area contributed by atoms with E-state index in [9.17, 15) is 18.7 Å². The van der Waals surface area contributed by atoms with E-state index in [-0.39, 0.29) is 30.1 Å². The number of anilines is 1. The monoisotopic (exact) mass is 496 g/mol. The highest BCUT2D eigenvalue weighted by Gasteiger charge is 2.59. The van der Waals surface area contributed by atoms with Crippen LogP contribution in [0, 0.1) is 40.9 Å². The zero-order valence-corrected chi connectivity index (χ0v) is 21.1. The fourth-order valence-electron chi connectivity index (χ4n) is 9.13. The summed E-state index contributed by atoms with van der Waals surface area (Å²) >= 11 is 0. The van der Waals surface area contributed by atoms with Crippen molar-refractivity contribution >= 4 is 22.4 Å². The number of ketones is 1. The van der Waals surface area contributed by atoms with Gasteiger partial charge in [-0.05, 0) is 117 Å². The fraction of sp³-hybridized carbons (Fsp3) is 0.667. The van der Waals surface area contributed by atoms with Crippen molar-refractivity contribution in [2.45, 2.75) is 76.7 Å². The molecular weight excluding hydrogens is 458 g/mol. The largest absolute Gasteiger partial charge is 0.384 e. The van der Waals surface area contributed by atoms with Gasteiger partial charge in [-0.25, -0.2) is 8.78 Å². The SMILES string of the molecule is C[C@]12CCC3C(CC[C@@H]4C[C@@](O)(C(F)F)CC[C@H]34)C1CC[C@@H]2C(=O)CNc1ccc2ncccc2c1. The summed E-state index contributed by atoms with van der Waals surface area (Å²) in [5.41, 5.74) is 0.158. The zero-order chi connectivity index (χ0) is 25.1. The van der Waals surface area contributed by atoms with Crippen LogP contribution in [0.5, 0.6) is 0 Å². The molecule has 3 unspecified atom stereocenters. The molecule has 1 heterocycles. The summed E-state index contributed by atoms with van der Waals surface area (Å²) in [5.74, 6) is 2.82. The molecule has 4 nitrogen and oxygen atoms in total. The Morgan fingerprint density at radius 2 is 1.92 bits per heavy atom. The molecule has 0 aliphatic heterocycles. The van der Waals surface area contributed by atoms with Crippen molar-refractivity contribution < 1.29 is 18.7 Å². The summed E-state index contributed by atoms with van der Waals surface area (Å²) < 4.78 is 27.0. The zero-order valence-electron chi connectivity index (χ0n) is 21.1. The summed E-state index contributed by atoms with van der Waals surface area (Å²) in [6.07, 6.45) is 6.60. The number of carbonyl (C=O) groups is 1. The van der Waals surface area contributed by atoms with Crippen LogP contribution in [0.25, 0.3) is 10.9 Å². The molecule has 0 saturated heterocycles.